The maximum atomic E-state index is 11.9. The van der Waals surface area contributed by atoms with Gasteiger partial charge in [-0.05, 0) is 92.7 Å². The zero-order valence-corrected chi connectivity index (χ0v) is 23.4. The van der Waals surface area contributed by atoms with Gasteiger partial charge < -0.3 is 9.29 Å². The van der Waals surface area contributed by atoms with E-state index in [1.807, 2.05) is 19.9 Å². The first-order chi connectivity index (χ1) is 15.6. The fourth-order valence-corrected chi connectivity index (χ4v) is 5.07. The highest BCUT2D eigenvalue weighted by atomic mass is 32.2. The highest BCUT2D eigenvalue weighted by molar-refractivity contribution is 7.87. The lowest BCUT2D eigenvalue weighted by Gasteiger charge is -2.37. The average molecular weight is 489 g/mol. The van der Waals surface area contributed by atoms with Crippen molar-refractivity contribution >= 4 is 10.1 Å². The molecule has 0 aromatic heterocycles. The monoisotopic (exact) mass is 488 g/mol. The Hall–Kier alpha value is -1.85. The van der Waals surface area contributed by atoms with E-state index in [0.717, 1.165) is 24.8 Å². The fourth-order valence-electron chi connectivity index (χ4n) is 4.50. The molecule has 0 aliphatic heterocycles. The van der Waals surface area contributed by atoms with Crippen LogP contribution in [0.1, 0.15) is 95.5 Å². The van der Waals surface area contributed by atoms with Gasteiger partial charge in [-0.3, -0.25) is 0 Å². The zero-order valence-electron chi connectivity index (χ0n) is 22.6. The second-order valence-electron chi connectivity index (χ2n) is 10.9. The molecule has 1 unspecified atom stereocenters. The first-order valence-electron chi connectivity index (χ1n) is 12.5. The van der Waals surface area contributed by atoms with Gasteiger partial charge in [0.2, 0.25) is 0 Å². The van der Waals surface area contributed by atoms with Crippen molar-refractivity contribution in [2.75, 3.05) is 5.75 Å². The predicted molar refractivity (Wildman–Crippen MR) is 142 cm³/mol. The molecule has 0 heterocycles. The van der Waals surface area contributed by atoms with Crippen LogP contribution in [0.15, 0.2) is 36.4 Å². The molecule has 0 aliphatic carbocycles. The van der Waals surface area contributed by atoms with E-state index in [1.165, 1.54) is 22.3 Å². The number of hydrogen-bond acceptors (Lipinski definition) is 4. The van der Waals surface area contributed by atoms with Gasteiger partial charge >= 0.3 is 10.1 Å². The minimum absolute atomic E-state index is 0.0567. The fraction of sp³-hybridized carbons (Fsp3) is 0.586. The van der Waals surface area contributed by atoms with E-state index in [-0.39, 0.29) is 16.6 Å². The summed E-state index contributed by atoms with van der Waals surface area (Å²) in [5.74, 6) is 0.336. The van der Waals surface area contributed by atoms with Crippen molar-refractivity contribution in [3.63, 3.8) is 0 Å². The smallest absolute Gasteiger partial charge is 0.308 e. The summed E-state index contributed by atoms with van der Waals surface area (Å²) in [4.78, 5) is 0. The van der Waals surface area contributed by atoms with Crippen molar-refractivity contribution in [3.05, 3.63) is 64.2 Å². The second-order valence-corrected chi connectivity index (χ2v) is 12.7. The van der Waals surface area contributed by atoms with Crippen LogP contribution in [0.5, 0.6) is 5.75 Å². The number of rotatable bonds is 10. The SMILES string of the molecule is CCC(CC)(c1ccc(CCC(C)(O)C(C)(C)C)c(C)c1)c1ccc(OS(=O)(=O)CC)c(C)c1. The minimum Gasteiger partial charge on any atom is -0.390 e. The Morgan fingerprint density at radius 3 is 1.82 bits per heavy atom. The van der Waals surface area contributed by atoms with Crippen LogP contribution >= 0.6 is 0 Å². The number of aliphatic hydroxyl groups is 1. The van der Waals surface area contributed by atoms with Crippen molar-refractivity contribution in [2.45, 2.75) is 99.0 Å². The molecule has 1 N–H and O–H groups in total. The van der Waals surface area contributed by atoms with Crippen molar-refractivity contribution in [1.82, 2.24) is 0 Å². The summed E-state index contributed by atoms with van der Waals surface area (Å²) in [5.41, 5.74) is 4.66. The Balaban J connectivity index is 2.41. The van der Waals surface area contributed by atoms with Gasteiger partial charge in [-0.2, -0.15) is 8.42 Å². The molecule has 0 amide bonds. The Bertz CT molecular complexity index is 1090. The van der Waals surface area contributed by atoms with Crippen LogP contribution in [0.2, 0.25) is 0 Å². The Morgan fingerprint density at radius 2 is 1.38 bits per heavy atom. The summed E-state index contributed by atoms with van der Waals surface area (Å²) in [6, 6.07) is 12.6. The molecule has 2 rings (SSSR count). The summed E-state index contributed by atoms with van der Waals surface area (Å²) < 4.78 is 29.2. The molecular weight excluding hydrogens is 444 g/mol. The third-order valence-electron chi connectivity index (χ3n) is 7.90. The van der Waals surface area contributed by atoms with Gasteiger partial charge in [0.05, 0.1) is 11.4 Å². The van der Waals surface area contributed by atoms with E-state index in [9.17, 15) is 13.5 Å². The maximum Gasteiger partial charge on any atom is 0.308 e. The van der Waals surface area contributed by atoms with Gasteiger partial charge in [0.15, 0.2) is 0 Å². The van der Waals surface area contributed by atoms with Crippen LogP contribution in [0.4, 0.5) is 0 Å². The minimum atomic E-state index is -3.56. The predicted octanol–water partition coefficient (Wildman–Crippen LogP) is 6.87. The van der Waals surface area contributed by atoms with Gasteiger partial charge in [-0.25, -0.2) is 0 Å². The molecular formula is C29H44O4S. The van der Waals surface area contributed by atoms with E-state index in [1.54, 1.807) is 13.0 Å². The van der Waals surface area contributed by atoms with Crippen LogP contribution < -0.4 is 4.18 Å². The van der Waals surface area contributed by atoms with E-state index in [2.05, 4.69) is 65.8 Å². The van der Waals surface area contributed by atoms with Crippen molar-refractivity contribution < 1.29 is 17.7 Å². The summed E-state index contributed by atoms with van der Waals surface area (Å²) in [7, 11) is -3.56. The molecule has 0 fully saturated rings. The highest BCUT2D eigenvalue weighted by Gasteiger charge is 2.35. The van der Waals surface area contributed by atoms with E-state index in [0.29, 0.717) is 12.2 Å². The third kappa shape index (κ3) is 6.04. The quantitative estimate of drug-likeness (QED) is 0.371. The highest BCUT2D eigenvalue weighted by Crippen LogP contribution is 2.41. The topological polar surface area (TPSA) is 63.6 Å². The first-order valence-corrected chi connectivity index (χ1v) is 14.1. The lowest BCUT2D eigenvalue weighted by Crippen LogP contribution is -2.40. The van der Waals surface area contributed by atoms with Crippen LogP contribution in [0.3, 0.4) is 0 Å². The van der Waals surface area contributed by atoms with Crippen molar-refractivity contribution in [2.24, 2.45) is 5.41 Å². The molecule has 2 aromatic carbocycles. The number of benzene rings is 2. The van der Waals surface area contributed by atoms with E-state index >= 15 is 0 Å². The molecule has 4 nitrogen and oxygen atoms in total. The average Bonchev–Trinajstić information content (AvgIpc) is 2.75. The van der Waals surface area contributed by atoms with Gasteiger partial charge in [0.1, 0.15) is 5.75 Å². The van der Waals surface area contributed by atoms with E-state index < -0.39 is 15.7 Å². The van der Waals surface area contributed by atoms with Gasteiger partial charge in [-0.15, -0.1) is 0 Å². The molecule has 2 aromatic rings. The van der Waals surface area contributed by atoms with Crippen LogP contribution in [0.25, 0.3) is 0 Å². The zero-order chi connectivity index (χ0) is 25.9. The number of hydrogen-bond donors (Lipinski definition) is 1. The molecule has 0 bridgehead atoms. The Kier molecular flexibility index (Phi) is 8.69. The molecule has 5 heteroatoms. The molecule has 1 atom stereocenters. The van der Waals surface area contributed by atoms with Crippen molar-refractivity contribution in [1.29, 1.82) is 0 Å². The largest absolute Gasteiger partial charge is 0.390 e. The molecule has 0 spiro atoms. The Morgan fingerprint density at radius 1 is 0.853 bits per heavy atom. The molecule has 0 saturated heterocycles. The van der Waals surface area contributed by atoms with Crippen LogP contribution in [-0.4, -0.2) is 24.9 Å². The lowest BCUT2D eigenvalue weighted by atomic mass is 9.69. The number of aryl methyl sites for hydroxylation is 3. The van der Waals surface area contributed by atoms with Crippen LogP contribution in [0, 0.1) is 19.3 Å². The standard InChI is InChI=1S/C29H44O4S/c1-10-29(11-2,25-15-16-26(22(5)20-25)33-34(31,32)12-3)24-14-13-23(21(4)19-24)17-18-28(9,30)27(6,7)8/h13-16,19-20,30H,10-12,17-18H2,1-9H3. The lowest BCUT2D eigenvalue weighted by molar-refractivity contribution is -0.0476. The molecule has 0 saturated carbocycles. The summed E-state index contributed by atoms with van der Waals surface area (Å²) in [5, 5.41) is 10.9. The van der Waals surface area contributed by atoms with Crippen LogP contribution in [-0.2, 0) is 22.0 Å². The second kappa shape index (κ2) is 10.4. The van der Waals surface area contributed by atoms with Gasteiger partial charge in [-0.1, -0.05) is 65.0 Å². The molecule has 190 valence electrons. The summed E-state index contributed by atoms with van der Waals surface area (Å²) in [6.07, 6.45) is 3.39. The van der Waals surface area contributed by atoms with Gasteiger partial charge in [0, 0.05) is 5.41 Å². The first kappa shape index (κ1) is 28.4. The van der Waals surface area contributed by atoms with Gasteiger partial charge in [0.25, 0.3) is 0 Å². The molecule has 0 aliphatic rings. The van der Waals surface area contributed by atoms with Crippen molar-refractivity contribution in [3.8, 4) is 5.75 Å². The Labute approximate surface area is 207 Å². The molecule has 0 radical (unpaired) electrons. The normalized spacial score (nSPS) is 14.6. The third-order valence-corrected chi connectivity index (χ3v) is 9.04. The maximum absolute atomic E-state index is 11.9. The molecule has 34 heavy (non-hydrogen) atoms. The summed E-state index contributed by atoms with van der Waals surface area (Å²) >= 11 is 0. The summed E-state index contributed by atoms with van der Waals surface area (Å²) in [6.45, 7) is 18.2. The van der Waals surface area contributed by atoms with E-state index in [4.69, 9.17) is 4.18 Å².